The van der Waals surface area contributed by atoms with E-state index in [2.05, 4.69) is 0 Å². The van der Waals surface area contributed by atoms with E-state index in [9.17, 15) is 14.4 Å². The molecule has 3 aromatic rings. The first kappa shape index (κ1) is 18.9. The van der Waals surface area contributed by atoms with Crippen LogP contribution in [0.2, 0.25) is 0 Å². The van der Waals surface area contributed by atoms with Crippen LogP contribution in [0.3, 0.4) is 0 Å². The normalized spacial score (nSPS) is 13.4. The maximum Gasteiger partial charge on any atom is 0.264 e. The predicted molar refractivity (Wildman–Crippen MR) is 112 cm³/mol. The van der Waals surface area contributed by atoms with E-state index in [1.54, 1.807) is 31.3 Å². The molecule has 6 heteroatoms. The number of ketones is 1. The third-order valence-corrected chi connectivity index (χ3v) is 5.41. The summed E-state index contributed by atoms with van der Waals surface area (Å²) in [5, 5.41) is 0.971. The van der Waals surface area contributed by atoms with E-state index in [0.717, 1.165) is 27.6 Å². The Balaban J connectivity index is 1.78. The van der Waals surface area contributed by atoms with Crippen LogP contribution in [0, 0.1) is 20.8 Å². The van der Waals surface area contributed by atoms with Gasteiger partial charge in [-0.05, 0) is 56.2 Å². The molecule has 4 rings (SSSR count). The molecule has 0 fully saturated rings. The number of aromatic nitrogens is 1. The fraction of sp³-hybridized carbons (Fsp3) is 0.261. The Morgan fingerprint density at radius 1 is 1.03 bits per heavy atom. The molecule has 0 saturated heterocycles. The number of anilines is 1. The van der Waals surface area contributed by atoms with Gasteiger partial charge in [-0.3, -0.25) is 14.4 Å². The zero-order chi connectivity index (χ0) is 20.9. The van der Waals surface area contributed by atoms with Crippen molar-refractivity contribution in [2.45, 2.75) is 27.3 Å². The van der Waals surface area contributed by atoms with Gasteiger partial charge in [0.15, 0.2) is 12.4 Å². The van der Waals surface area contributed by atoms with Gasteiger partial charge in [-0.25, -0.2) is 0 Å². The summed E-state index contributed by atoms with van der Waals surface area (Å²) < 4.78 is 6.95. The predicted octanol–water partition coefficient (Wildman–Crippen LogP) is 3.16. The van der Waals surface area contributed by atoms with E-state index in [4.69, 9.17) is 4.74 Å². The average molecular weight is 390 g/mol. The number of fused-ring (bicyclic) bond motifs is 2. The molecule has 29 heavy (non-hydrogen) atoms. The minimum atomic E-state index is -0.205. The summed E-state index contributed by atoms with van der Waals surface area (Å²) in [6.45, 7) is 5.79. The van der Waals surface area contributed by atoms with Crippen molar-refractivity contribution in [3.63, 3.8) is 0 Å². The third-order valence-electron chi connectivity index (χ3n) is 5.41. The quantitative estimate of drug-likeness (QED) is 0.644. The van der Waals surface area contributed by atoms with Crippen molar-refractivity contribution in [2.24, 2.45) is 0 Å². The van der Waals surface area contributed by atoms with Crippen LogP contribution in [0.25, 0.3) is 10.9 Å². The van der Waals surface area contributed by atoms with Crippen LogP contribution in [0.4, 0.5) is 5.69 Å². The number of hydrogen-bond donors (Lipinski definition) is 0. The maximum atomic E-state index is 13.0. The van der Waals surface area contributed by atoms with Gasteiger partial charge < -0.3 is 14.2 Å². The average Bonchev–Trinajstić information content (AvgIpc) is 2.67. The van der Waals surface area contributed by atoms with Crippen molar-refractivity contribution in [3.8, 4) is 5.75 Å². The summed E-state index contributed by atoms with van der Waals surface area (Å²) in [5.41, 5.74) is 4.52. The van der Waals surface area contributed by atoms with Gasteiger partial charge in [0.1, 0.15) is 5.75 Å². The fourth-order valence-electron chi connectivity index (χ4n) is 3.91. The molecule has 0 spiro atoms. The van der Waals surface area contributed by atoms with Gasteiger partial charge in [0, 0.05) is 24.1 Å². The monoisotopic (exact) mass is 390 g/mol. The molecule has 0 unspecified atom stereocenters. The van der Waals surface area contributed by atoms with Gasteiger partial charge in [-0.2, -0.15) is 0 Å². The summed E-state index contributed by atoms with van der Waals surface area (Å²) in [5.74, 6) is 0.188. The molecule has 0 atom stereocenters. The number of carbonyl (C=O) groups excluding carboxylic acids is 2. The molecule has 1 aromatic heterocycles. The van der Waals surface area contributed by atoms with Crippen molar-refractivity contribution >= 4 is 28.3 Å². The van der Waals surface area contributed by atoms with Gasteiger partial charge in [-0.15, -0.1) is 0 Å². The standard InChI is InChI=1S/C23H22N2O4/c1-13-7-15(3)23-17(8-13)14(2)9-21(27)25(23)11-19(26)16-5-6-20-18(10-16)24(4)22(28)12-29-20/h5-10H,11-12H2,1-4H3. The van der Waals surface area contributed by atoms with E-state index in [1.165, 1.54) is 9.47 Å². The number of carbonyl (C=O) groups is 2. The number of aryl methyl sites for hydroxylation is 3. The fourth-order valence-corrected chi connectivity index (χ4v) is 3.91. The van der Waals surface area contributed by atoms with Crippen LogP contribution in [0.1, 0.15) is 27.0 Å². The summed E-state index contributed by atoms with van der Waals surface area (Å²) >= 11 is 0. The van der Waals surface area contributed by atoms with Gasteiger partial charge in [-0.1, -0.05) is 11.6 Å². The summed E-state index contributed by atoms with van der Waals surface area (Å²) in [6, 6.07) is 10.6. The number of pyridine rings is 1. The van der Waals surface area contributed by atoms with Crippen LogP contribution < -0.4 is 15.2 Å². The molecule has 1 aliphatic rings. The van der Waals surface area contributed by atoms with E-state index < -0.39 is 0 Å². The number of Topliss-reactive ketones (excluding diaryl/α,β-unsaturated/α-hetero) is 1. The smallest absolute Gasteiger partial charge is 0.264 e. The lowest BCUT2D eigenvalue weighted by Gasteiger charge is -2.26. The highest BCUT2D eigenvalue weighted by Crippen LogP contribution is 2.32. The minimum Gasteiger partial charge on any atom is -0.482 e. The number of ether oxygens (including phenoxy) is 1. The van der Waals surface area contributed by atoms with E-state index >= 15 is 0 Å². The molecule has 0 saturated carbocycles. The lowest BCUT2D eigenvalue weighted by atomic mass is 10.0. The number of benzene rings is 2. The van der Waals surface area contributed by atoms with Crippen molar-refractivity contribution in [2.75, 3.05) is 18.6 Å². The van der Waals surface area contributed by atoms with E-state index in [-0.39, 0.29) is 30.4 Å². The maximum absolute atomic E-state index is 13.0. The Bertz CT molecular complexity index is 1240. The number of hydrogen-bond acceptors (Lipinski definition) is 4. The van der Waals surface area contributed by atoms with Gasteiger partial charge in [0.25, 0.3) is 11.5 Å². The molecule has 1 amide bonds. The summed E-state index contributed by atoms with van der Waals surface area (Å²) in [7, 11) is 1.65. The van der Waals surface area contributed by atoms with Crippen molar-refractivity contribution in [1.29, 1.82) is 0 Å². The zero-order valence-corrected chi connectivity index (χ0v) is 16.9. The van der Waals surface area contributed by atoms with E-state index in [1.807, 2.05) is 32.9 Å². The van der Waals surface area contributed by atoms with Crippen molar-refractivity contribution in [1.82, 2.24) is 4.57 Å². The molecule has 0 N–H and O–H groups in total. The largest absolute Gasteiger partial charge is 0.482 e. The van der Waals surface area contributed by atoms with Crippen molar-refractivity contribution < 1.29 is 14.3 Å². The molecule has 0 aliphatic carbocycles. The Kier molecular flexibility index (Phi) is 4.49. The van der Waals surface area contributed by atoms with Crippen LogP contribution in [-0.4, -0.2) is 29.9 Å². The number of rotatable bonds is 3. The number of nitrogens with zero attached hydrogens (tertiary/aromatic N) is 2. The summed E-state index contributed by atoms with van der Waals surface area (Å²) in [4.78, 5) is 39.1. The second-order valence-electron chi connectivity index (χ2n) is 7.58. The van der Waals surface area contributed by atoms with E-state index in [0.29, 0.717) is 17.0 Å². The Morgan fingerprint density at radius 2 is 1.79 bits per heavy atom. The van der Waals surface area contributed by atoms with Gasteiger partial charge in [0.2, 0.25) is 0 Å². The lowest BCUT2D eigenvalue weighted by molar-refractivity contribution is -0.120. The van der Waals surface area contributed by atoms with Crippen LogP contribution >= 0.6 is 0 Å². The first-order chi connectivity index (χ1) is 13.8. The second-order valence-corrected chi connectivity index (χ2v) is 7.58. The van der Waals surface area contributed by atoms with Crippen LogP contribution in [-0.2, 0) is 11.3 Å². The summed E-state index contributed by atoms with van der Waals surface area (Å²) in [6.07, 6.45) is 0. The molecule has 2 heterocycles. The molecule has 0 bridgehead atoms. The van der Waals surface area contributed by atoms with Crippen LogP contribution in [0.15, 0.2) is 41.2 Å². The first-order valence-corrected chi connectivity index (χ1v) is 9.44. The molecular formula is C23H22N2O4. The Hall–Kier alpha value is -3.41. The Morgan fingerprint density at radius 3 is 2.55 bits per heavy atom. The van der Waals surface area contributed by atoms with Gasteiger partial charge >= 0.3 is 0 Å². The van der Waals surface area contributed by atoms with Gasteiger partial charge in [0.05, 0.1) is 17.7 Å². The number of amides is 1. The SMILES string of the molecule is Cc1cc(C)c2c(c1)c(C)cc(=O)n2CC(=O)c1ccc2c(c1)N(C)C(=O)CO2. The molecule has 148 valence electrons. The molecule has 0 radical (unpaired) electrons. The third kappa shape index (κ3) is 3.20. The first-order valence-electron chi connectivity index (χ1n) is 9.44. The zero-order valence-electron chi connectivity index (χ0n) is 16.9. The Labute approximate surface area is 168 Å². The molecule has 1 aliphatic heterocycles. The molecule has 6 nitrogen and oxygen atoms in total. The minimum absolute atomic E-state index is 0.0137. The lowest BCUT2D eigenvalue weighted by Crippen LogP contribution is -2.35. The molecular weight excluding hydrogens is 368 g/mol. The number of likely N-dealkylation sites (N-methyl/N-ethyl adjacent to an activating group) is 1. The second kappa shape index (κ2) is 6.88. The van der Waals surface area contributed by atoms with Crippen molar-refractivity contribution in [3.05, 3.63) is 69.0 Å². The topological polar surface area (TPSA) is 68.6 Å². The highest BCUT2D eigenvalue weighted by molar-refractivity contribution is 6.02. The molecule has 2 aromatic carbocycles. The van der Waals surface area contributed by atoms with Crippen LogP contribution in [0.5, 0.6) is 5.75 Å². The highest BCUT2D eigenvalue weighted by atomic mass is 16.5. The highest BCUT2D eigenvalue weighted by Gasteiger charge is 2.24.